The molecule has 0 saturated heterocycles. The number of imidazole rings is 1. The Bertz CT molecular complexity index is 505. The van der Waals surface area contributed by atoms with E-state index in [1.165, 1.54) is 0 Å². The third kappa shape index (κ3) is 3.34. The first kappa shape index (κ1) is 13.1. The number of nitrogens with one attached hydrogen (secondary N) is 1. The quantitative estimate of drug-likeness (QED) is 0.899. The highest BCUT2D eigenvalue weighted by Gasteiger charge is 2.06. The lowest BCUT2D eigenvalue weighted by molar-refractivity contribution is 0.554. The number of rotatable bonds is 5. The molecule has 18 heavy (non-hydrogen) atoms. The van der Waals surface area contributed by atoms with E-state index in [2.05, 4.69) is 28.7 Å². The second kappa shape index (κ2) is 6.03. The van der Waals surface area contributed by atoms with Crippen LogP contribution in [-0.2, 0) is 13.1 Å². The molecular formula is C14H18ClN3. The highest BCUT2D eigenvalue weighted by molar-refractivity contribution is 6.31. The van der Waals surface area contributed by atoms with Crippen molar-refractivity contribution in [2.45, 2.75) is 33.0 Å². The van der Waals surface area contributed by atoms with E-state index < -0.39 is 0 Å². The van der Waals surface area contributed by atoms with E-state index in [-0.39, 0.29) is 0 Å². The van der Waals surface area contributed by atoms with Crippen molar-refractivity contribution in [1.29, 1.82) is 0 Å². The molecule has 1 aromatic carbocycles. The minimum absolute atomic E-state index is 0.454. The molecule has 96 valence electrons. The number of aromatic nitrogens is 2. The van der Waals surface area contributed by atoms with Gasteiger partial charge in [-0.25, -0.2) is 4.98 Å². The summed E-state index contributed by atoms with van der Waals surface area (Å²) >= 11 is 6.17. The van der Waals surface area contributed by atoms with Crippen molar-refractivity contribution in [3.63, 3.8) is 0 Å². The van der Waals surface area contributed by atoms with Crippen molar-refractivity contribution in [2.75, 3.05) is 0 Å². The van der Waals surface area contributed by atoms with E-state index in [9.17, 15) is 0 Å². The van der Waals surface area contributed by atoms with Gasteiger partial charge in [0.05, 0.1) is 13.1 Å². The molecule has 2 rings (SSSR count). The average molecular weight is 264 g/mol. The van der Waals surface area contributed by atoms with Crippen LogP contribution in [-0.4, -0.2) is 15.6 Å². The monoisotopic (exact) mass is 263 g/mol. The van der Waals surface area contributed by atoms with Gasteiger partial charge in [-0.15, -0.1) is 0 Å². The van der Waals surface area contributed by atoms with Gasteiger partial charge in [-0.3, -0.25) is 0 Å². The summed E-state index contributed by atoms with van der Waals surface area (Å²) in [6.45, 7) is 5.78. The van der Waals surface area contributed by atoms with Crippen LogP contribution in [0.25, 0.3) is 0 Å². The Kier molecular flexibility index (Phi) is 4.39. The molecule has 0 spiro atoms. The van der Waals surface area contributed by atoms with Crippen LogP contribution >= 0.6 is 11.6 Å². The van der Waals surface area contributed by atoms with E-state index in [1.54, 1.807) is 0 Å². The van der Waals surface area contributed by atoms with E-state index in [0.29, 0.717) is 6.04 Å². The van der Waals surface area contributed by atoms with Crippen molar-refractivity contribution in [1.82, 2.24) is 14.9 Å². The van der Waals surface area contributed by atoms with Gasteiger partial charge in [-0.1, -0.05) is 43.6 Å². The average Bonchev–Trinajstić information content (AvgIpc) is 2.77. The minimum atomic E-state index is 0.454. The lowest BCUT2D eigenvalue weighted by Gasteiger charge is -2.11. The molecule has 0 aliphatic heterocycles. The molecule has 2 aromatic rings. The van der Waals surface area contributed by atoms with Crippen LogP contribution in [0, 0.1) is 0 Å². The molecule has 1 heterocycles. The Morgan fingerprint density at radius 1 is 1.33 bits per heavy atom. The van der Waals surface area contributed by atoms with Crippen LogP contribution in [0.3, 0.4) is 0 Å². The standard InChI is InChI=1S/C14H18ClN3/c1-11(2)17-9-14-16-7-8-18(14)10-12-5-3-4-6-13(12)15/h3-8,11,17H,9-10H2,1-2H3. The predicted octanol–water partition coefficient (Wildman–Crippen LogP) is 3.08. The Morgan fingerprint density at radius 3 is 2.83 bits per heavy atom. The van der Waals surface area contributed by atoms with Crippen LogP contribution in [0.2, 0.25) is 5.02 Å². The van der Waals surface area contributed by atoms with Gasteiger partial charge in [-0.05, 0) is 11.6 Å². The van der Waals surface area contributed by atoms with Crippen molar-refractivity contribution < 1.29 is 0 Å². The molecule has 1 aromatic heterocycles. The topological polar surface area (TPSA) is 29.9 Å². The summed E-state index contributed by atoms with van der Waals surface area (Å²) in [6, 6.07) is 8.36. The molecule has 0 radical (unpaired) electrons. The summed E-state index contributed by atoms with van der Waals surface area (Å²) in [7, 11) is 0. The highest BCUT2D eigenvalue weighted by Crippen LogP contribution is 2.16. The van der Waals surface area contributed by atoms with Gasteiger partial charge in [0.15, 0.2) is 0 Å². The SMILES string of the molecule is CC(C)NCc1nccn1Cc1ccccc1Cl. The second-order valence-electron chi connectivity index (χ2n) is 4.60. The van der Waals surface area contributed by atoms with Gasteiger partial charge in [-0.2, -0.15) is 0 Å². The fraction of sp³-hybridized carbons (Fsp3) is 0.357. The summed E-state index contributed by atoms with van der Waals surface area (Å²) in [5.41, 5.74) is 1.11. The number of halogens is 1. The number of benzene rings is 1. The van der Waals surface area contributed by atoms with Crippen molar-refractivity contribution in [2.24, 2.45) is 0 Å². The molecule has 0 aliphatic rings. The van der Waals surface area contributed by atoms with Gasteiger partial charge in [0.1, 0.15) is 5.82 Å². The maximum absolute atomic E-state index is 6.17. The summed E-state index contributed by atoms with van der Waals surface area (Å²) < 4.78 is 2.12. The Balaban J connectivity index is 2.10. The van der Waals surface area contributed by atoms with E-state index in [1.807, 2.05) is 36.7 Å². The fourth-order valence-corrected chi connectivity index (χ4v) is 1.95. The van der Waals surface area contributed by atoms with E-state index in [0.717, 1.165) is 29.5 Å². The molecule has 0 atom stereocenters. The maximum atomic E-state index is 6.17. The molecule has 0 aliphatic carbocycles. The molecule has 0 amide bonds. The van der Waals surface area contributed by atoms with Crippen molar-refractivity contribution in [3.05, 3.63) is 53.1 Å². The predicted molar refractivity (Wildman–Crippen MR) is 74.8 cm³/mol. The second-order valence-corrected chi connectivity index (χ2v) is 5.01. The summed E-state index contributed by atoms with van der Waals surface area (Å²) in [6.07, 6.45) is 3.81. The molecule has 0 saturated carbocycles. The molecule has 0 unspecified atom stereocenters. The first-order valence-corrected chi connectivity index (χ1v) is 6.51. The normalized spacial score (nSPS) is 11.1. The van der Waals surface area contributed by atoms with Gasteiger partial charge >= 0.3 is 0 Å². The largest absolute Gasteiger partial charge is 0.329 e. The highest BCUT2D eigenvalue weighted by atomic mass is 35.5. The van der Waals surface area contributed by atoms with Crippen LogP contribution in [0.1, 0.15) is 25.2 Å². The summed E-state index contributed by atoms with van der Waals surface area (Å²) in [5.74, 6) is 1.03. The van der Waals surface area contributed by atoms with Gasteiger partial charge < -0.3 is 9.88 Å². The number of hydrogen-bond donors (Lipinski definition) is 1. The van der Waals surface area contributed by atoms with E-state index in [4.69, 9.17) is 11.6 Å². The smallest absolute Gasteiger partial charge is 0.122 e. The lowest BCUT2D eigenvalue weighted by atomic mass is 10.2. The lowest BCUT2D eigenvalue weighted by Crippen LogP contribution is -2.24. The zero-order chi connectivity index (χ0) is 13.0. The van der Waals surface area contributed by atoms with E-state index >= 15 is 0 Å². The van der Waals surface area contributed by atoms with Crippen LogP contribution in [0.15, 0.2) is 36.7 Å². The minimum Gasteiger partial charge on any atom is -0.329 e. The van der Waals surface area contributed by atoms with Crippen molar-refractivity contribution in [3.8, 4) is 0 Å². The fourth-order valence-electron chi connectivity index (χ4n) is 1.76. The number of nitrogens with zero attached hydrogens (tertiary/aromatic N) is 2. The summed E-state index contributed by atoms with van der Waals surface area (Å²) in [5, 5.41) is 4.17. The molecule has 1 N–H and O–H groups in total. The first-order valence-electron chi connectivity index (χ1n) is 6.13. The zero-order valence-corrected chi connectivity index (χ0v) is 11.5. The number of hydrogen-bond acceptors (Lipinski definition) is 2. The molecular weight excluding hydrogens is 246 g/mol. The van der Waals surface area contributed by atoms with Crippen molar-refractivity contribution >= 4 is 11.6 Å². The molecule has 4 heteroatoms. The molecule has 0 fully saturated rings. The van der Waals surface area contributed by atoms with Crippen LogP contribution in [0.5, 0.6) is 0 Å². The van der Waals surface area contributed by atoms with Gasteiger partial charge in [0.2, 0.25) is 0 Å². The maximum Gasteiger partial charge on any atom is 0.122 e. The van der Waals surface area contributed by atoms with Gasteiger partial charge in [0.25, 0.3) is 0 Å². The van der Waals surface area contributed by atoms with Gasteiger partial charge in [0, 0.05) is 23.5 Å². The Morgan fingerprint density at radius 2 is 2.11 bits per heavy atom. The van der Waals surface area contributed by atoms with Crippen LogP contribution in [0.4, 0.5) is 0 Å². The molecule has 0 bridgehead atoms. The third-order valence-electron chi connectivity index (χ3n) is 2.77. The molecule has 3 nitrogen and oxygen atoms in total. The Labute approximate surface area is 113 Å². The zero-order valence-electron chi connectivity index (χ0n) is 10.7. The first-order chi connectivity index (χ1) is 8.66. The third-order valence-corrected chi connectivity index (χ3v) is 3.14. The van der Waals surface area contributed by atoms with Crippen LogP contribution < -0.4 is 5.32 Å². The summed E-state index contributed by atoms with van der Waals surface area (Å²) in [4.78, 5) is 4.37. The Hall–Kier alpha value is -1.32.